The third-order valence-electron chi connectivity index (χ3n) is 3.66. The molecule has 0 aliphatic heterocycles. The van der Waals surface area contributed by atoms with Crippen LogP contribution < -0.4 is 5.32 Å². The first-order valence-corrected chi connectivity index (χ1v) is 9.65. The van der Waals surface area contributed by atoms with Crippen LogP contribution in [0, 0.1) is 6.92 Å². The Morgan fingerprint density at radius 1 is 1.24 bits per heavy atom. The molecular formula is C17H18BrNS2. The minimum Gasteiger partial charge on any atom is -0.306 e. The topological polar surface area (TPSA) is 12.0 Å². The van der Waals surface area contributed by atoms with E-state index in [1.54, 1.807) is 0 Å². The molecule has 4 heteroatoms. The van der Waals surface area contributed by atoms with E-state index in [0.29, 0.717) is 0 Å². The lowest BCUT2D eigenvalue weighted by atomic mass is 9.98. The Bertz CT molecular complexity index is 744. The van der Waals surface area contributed by atoms with Gasteiger partial charge < -0.3 is 5.32 Å². The number of fused-ring (bicyclic) bond motifs is 1. The summed E-state index contributed by atoms with van der Waals surface area (Å²) in [5.41, 5.74) is 2.79. The minimum atomic E-state index is 0.281. The van der Waals surface area contributed by atoms with Gasteiger partial charge in [-0.3, -0.25) is 0 Å². The molecule has 0 aliphatic rings. The molecule has 3 aromatic rings. The van der Waals surface area contributed by atoms with Gasteiger partial charge in [0.25, 0.3) is 0 Å². The molecule has 1 nitrogen and oxygen atoms in total. The molecule has 1 aromatic carbocycles. The molecule has 0 amide bonds. The number of hydrogen-bond acceptors (Lipinski definition) is 3. The van der Waals surface area contributed by atoms with Crippen LogP contribution in [0.4, 0.5) is 0 Å². The lowest BCUT2D eigenvalue weighted by molar-refractivity contribution is 0.602. The van der Waals surface area contributed by atoms with Crippen molar-refractivity contribution in [1.29, 1.82) is 0 Å². The molecule has 1 unspecified atom stereocenters. The maximum Gasteiger partial charge on any atom is 0.0704 e. The summed E-state index contributed by atoms with van der Waals surface area (Å²) in [6.45, 7) is 5.45. The molecule has 0 saturated carbocycles. The second-order valence-electron chi connectivity index (χ2n) is 5.14. The lowest BCUT2D eigenvalue weighted by Gasteiger charge is -2.18. The molecular weight excluding hydrogens is 362 g/mol. The van der Waals surface area contributed by atoms with E-state index in [0.717, 1.165) is 13.0 Å². The van der Waals surface area contributed by atoms with E-state index < -0.39 is 0 Å². The first-order chi connectivity index (χ1) is 10.2. The summed E-state index contributed by atoms with van der Waals surface area (Å²) in [6, 6.07) is 11.2. The third kappa shape index (κ3) is 3.09. The molecule has 0 spiro atoms. The Kier molecular flexibility index (Phi) is 4.79. The number of hydrogen-bond donors (Lipinski definition) is 1. The van der Waals surface area contributed by atoms with E-state index in [1.807, 2.05) is 22.7 Å². The van der Waals surface area contributed by atoms with Crippen LogP contribution in [0.3, 0.4) is 0 Å². The Morgan fingerprint density at radius 2 is 2.05 bits per heavy atom. The van der Waals surface area contributed by atoms with Gasteiger partial charge in [0.05, 0.1) is 9.83 Å². The number of nitrogens with one attached hydrogen (secondary N) is 1. The van der Waals surface area contributed by atoms with Crippen LogP contribution in [-0.2, 0) is 0 Å². The minimum absolute atomic E-state index is 0.281. The van der Waals surface area contributed by atoms with E-state index in [4.69, 9.17) is 0 Å². The smallest absolute Gasteiger partial charge is 0.0704 e. The predicted molar refractivity (Wildman–Crippen MR) is 98.7 cm³/mol. The summed E-state index contributed by atoms with van der Waals surface area (Å²) >= 11 is 7.27. The second kappa shape index (κ2) is 6.61. The van der Waals surface area contributed by atoms with Crippen molar-refractivity contribution in [3.8, 4) is 0 Å². The van der Waals surface area contributed by atoms with Gasteiger partial charge in [0.15, 0.2) is 0 Å². The fraction of sp³-hybridized carbons (Fsp3) is 0.294. The van der Waals surface area contributed by atoms with Crippen LogP contribution in [0.1, 0.15) is 35.4 Å². The number of halogens is 1. The fourth-order valence-corrected chi connectivity index (χ4v) is 5.38. The molecule has 0 fully saturated rings. The molecule has 0 aliphatic carbocycles. The summed E-state index contributed by atoms with van der Waals surface area (Å²) in [5.74, 6) is 0. The highest BCUT2D eigenvalue weighted by molar-refractivity contribution is 9.11. The van der Waals surface area contributed by atoms with Crippen molar-refractivity contribution >= 4 is 48.7 Å². The van der Waals surface area contributed by atoms with E-state index in [9.17, 15) is 0 Å². The third-order valence-corrected chi connectivity index (χ3v) is 6.21. The Balaban J connectivity index is 2.09. The monoisotopic (exact) mass is 379 g/mol. The van der Waals surface area contributed by atoms with Crippen molar-refractivity contribution in [2.75, 3.05) is 6.54 Å². The van der Waals surface area contributed by atoms with E-state index >= 15 is 0 Å². The van der Waals surface area contributed by atoms with Gasteiger partial charge in [0, 0.05) is 9.58 Å². The first-order valence-electron chi connectivity index (χ1n) is 7.16. The molecule has 0 radical (unpaired) electrons. The van der Waals surface area contributed by atoms with Crippen LogP contribution in [-0.4, -0.2) is 6.54 Å². The summed E-state index contributed by atoms with van der Waals surface area (Å²) in [7, 11) is 0. The predicted octanol–water partition coefficient (Wildman–Crippen LogP) is 6.12. The van der Waals surface area contributed by atoms with Crippen molar-refractivity contribution in [3.63, 3.8) is 0 Å². The molecule has 1 atom stereocenters. The summed E-state index contributed by atoms with van der Waals surface area (Å²) in [5, 5.41) is 7.41. The van der Waals surface area contributed by atoms with Crippen LogP contribution in [0.15, 0.2) is 39.5 Å². The highest BCUT2D eigenvalue weighted by Crippen LogP contribution is 2.38. The van der Waals surface area contributed by atoms with Crippen LogP contribution in [0.5, 0.6) is 0 Å². The maximum absolute atomic E-state index is 3.73. The van der Waals surface area contributed by atoms with Gasteiger partial charge in [-0.2, -0.15) is 0 Å². The van der Waals surface area contributed by atoms with Gasteiger partial charge >= 0.3 is 0 Å². The molecule has 2 heterocycles. The van der Waals surface area contributed by atoms with Gasteiger partial charge in [-0.05, 0) is 69.8 Å². The quantitative estimate of drug-likeness (QED) is 0.562. The summed E-state index contributed by atoms with van der Waals surface area (Å²) in [4.78, 5) is 1.38. The van der Waals surface area contributed by atoms with E-state index in [1.165, 1.54) is 29.9 Å². The molecule has 0 bridgehead atoms. The largest absolute Gasteiger partial charge is 0.306 e. The molecule has 110 valence electrons. The zero-order valence-electron chi connectivity index (χ0n) is 12.2. The highest BCUT2D eigenvalue weighted by Gasteiger charge is 2.20. The lowest BCUT2D eigenvalue weighted by Crippen LogP contribution is -2.23. The Hall–Kier alpha value is -0.680. The van der Waals surface area contributed by atoms with Gasteiger partial charge in [0.1, 0.15) is 0 Å². The van der Waals surface area contributed by atoms with Gasteiger partial charge in [-0.25, -0.2) is 0 Å². The van der Waals surface area contributed by atoms with Crippen molar-refractivity contribution < 1.29 is 0 Å². The molecule has 0 saturated heterocycles. The van der Waals surface area contributed by atoms with Gasteiger partial charge in [0.2, 0.25) is 0 Å². The van der Waals surface area contributed by atoms with Gasteiger partial charge in [-0.1, -0.05) is 25.1 Å². The van der Waals surface area contributed by atoms with Crippen molar-refractivity contribution in [2.45, 2.75) is 26.3 Å². The van der Waals surface area contributed by atoms with Crippen molar-refractivity contribution in [2.24, 2.45) is 0 Å². The molecule has 1 N–H and O–H groups in total. The Morgan fingerprint density at radius 3 is 2.76 bits per heavy atom. The zero-order valence-corrected chi connectivity index (χ0v) is 15.4. The first kappa shape index (κ1) is 15.2. The number of thiophene rings is 2. The number of rotatable bonds is 5. The molecule has 21 heavy (non-hydrogen) atoms. The number of benzene rings is 1. The summed E-state index contributed by atoms with van der Waals surface area (Å²) < 4.78 is 2.57. The fourth-order valence-electron chi connectivity index (χ4n) is 2.64. The average molecular weight is 380 g/mol. The van der Waals surface area contributed by atoms with Crippen LogP contribution in [0.25, 0.3) is 10.1 Å². The van der Waals surface area contributed by atoms with Crippen molar-refractivity contribution in [1.82, 2.24) is 5.32 Å². The van der Waals surface area contributed by atoms with E-state index in [-0.39, 0.29) is 6.04 Å². The maximum atomic E-state index is 3.73. The Labute approximate surface area is 142 Å². The van der Waals surface area contributed by atoms with Crippen LogP contribution in [0.2, 0.25) is 0 Å². The highest BCUT2D eigenvalue weighted by atomic mass is 79.9. The molecule has 2 aromatic heterocycles. The average Bonchev–Trinajstić information content (AvgIpc) is 3.04. The standard InChI is InChI=1S/C17H18BrNS2/c1-3-8-19-17(13-9-16(18)21-11(13)2)14-10-20-15-7-5-4-6-12(14)15/h4-7,9-10,17,19H,3,8H2,1-2H3. The van der Waals surface area contributed by atoms with Crippen molar-refractivity contribution in [3.05, 3.63) is 55.5 Å². The van der Waals surface area contributed by atoms with E-state index in [2.05, 4.69) is 70.8 Å². The zero-order chi connectivity index (χ0) is 14.8. The normalized spacial score (nSPS) is 12.9. The molecule has 3 rings (SSSR count). The van der Waals surface area contributed by atoms with Gasteiger partial charge in [-0.15, -0.1) is 22.7 Å². The summed E-state index contributed by atoms with van der Waals surface area (Å²) in [6.07, 6.45) is 1.14. The number of aryl methyl sites for hydroxylation is 1. The SMILES string of the molecule is CCCNC(c1cc(Br)sc1C)c1csc2ccccc12. The van der Waals surface area contributed by atoms with Crippen LogP contribution >= 0.6 is 38.6 Å². The second-order valence-corrected chi connectivity index (χ2v) is 8.68.